The van der Waals surface area contributed by atoms with E-state index in [1.54, 1.807) is 0 Å². The predicted molar refractivity (Wildman–Crippen MR) is 108 cm³/mol. The number of aliphatic hydroxyl groups is 1. The largest absolute Gasteiger partial charge is 0.384 e. The second-order valence-corrected chi connectivity index (χ2v) is 7.64. The van der Waals surface area contributed by atoms with Crippen molar-refractivity contribution in [3.05, 3.63) is 76.9 Å². The molecule has 27 heavy (non-hydrogen) atoms. The van der Waals surface area contributed by atoms with Gasteiger partial charge in [0.2, 0.25) is 0 Å². The molecule has 1 spiro atoms. The lowest BCUT2D eigenvalue weighted by Crippen LogP contribution is -2.43. The molecule has 136 valence electrons. The Morgan fingerprint density at radius 1 is 0.889 bits per heavy atom. The molecule has 2 aromatic rings. The first-order valence-corrected chi connectivity index (χ1v) is 9.76. The van der Waals surface area contributed by atoms with Crippen molar-refractivity contribution in [2.45, 2.75) is 44.6 Å². The number of carbonyl (C=O) groups excluding carboxylic acids is 1. The van der Waals surface area contributed by atoms with E-state index in [9.17, 15) is 9.90 Å². The summed E-state index contributed by atoms with van der Waals surface area (Å²) in [6, 6.07) is 18.2. The Kier molecular flexibility index (Phi) is 4.97. The monoisotopic (exact) mass is 356 g/mol. The molecule has 2 aromatic carbocycles. The fourth-order valence-electron chi connectivity index (χ4n) is 4.51. The van der Waals surface area contributed by atoms with Crippen LogP contribution in [0.3, 0.4) is 0 Å². The summed E-state index contributed by atoms with van der Waals surface area (Å²) in [4.78, 5) is 12.1. The van der Waals surface area contributed by atoms with E-state index in [2.05, 4.69) is 30.0 Å². The summed E-state index contributed by atoms with van der Waals surface area (Å²) in [5.74, 6) is 6.39. The molecule has 0 unspecified atom stereocenters. The normalized spacial score (nSPS) is 26.2. The fraction of sp³-hybridized carbons (Fsp3) is 0.320. The van der Waals surface area contributed by atoms with E-state index < -0.39 is 6.10 Å². The van der Waals surface area contributed by atoms with E-state index in [1.807, 2.05) is 42.5 Å². The van der Waals surface area contributed by atoms with Crippen LogP contribution in [0, 0.1) is 17.3 Å². The summed E-state index contributed by atoms with van der Waals surface area (Å²) in [5, 5.41) is 10.6. The first kappa shape index (κ1) is 17.8. The van der Waals surface area contributed by atoms with Crippen molar-refractivity contribution in [3.8, 4) is 11.8 Å². The highest BCUT2D eigenvalue weighted by Gasteiger charge is 2.48. The average molecular weight is 356 g/mol. The Labute approximate surface area is 160 Å². The Balaban J connectivity index is 1.56. The molecule has 2 aliphatic rings. The SMILES string of the molecule is O=C1CCC[C@@]2(CCC/C2=C\c2ccc(C#Cc3ccccc3)cc2)[C@H]1O. The van der Waals surface area contributed by atoms with E-state index in [0.29, 0.717) is 6.42 Å². The van der Waals surface area contributed by atoms with E-state index in [-0.39, 0.29) is 11.2 Å². The molecule has 0 aromatic heterocycles. The van der Waals surface area contributed by atoms with Gasteiger partial charge in [0, 0.05) is 23.0 Å². The van der Waals surface area contributed by atoms with Gasteiger partial charge in [0.1, 0.15) is 6.10 Å². The molecule has 0 saturated heterocycles. The third-order valence-electron chi connectivity index (χ3n) is 5.96. The molecule has 2 atom stereocenters. The van der Waals surface area contributed by atoms with Crippen molar-refractivity contribution < 1.29 is 9.90 Å². The van der Waals surface area contributed by atoms with Crippen molar-refractivity contribution in [2.75, 3.05) is 0 Å². The molecular weight excluding hydrogens is 332 g/mol. The first-order chi connectivity index (χ1) is 13.2. The van der Waals surface area contributed by atoms with E-state index in [4.69, 9.17) is 0 Å². The van der Waals surface area contributed by atoms with Gasteiger partial charge in [-0.15, -0.1) is 0 Å². The second-order valence-electron chi connectivity index (χ2n) is 7.64. The van der Waals surface area contributed by atoms with Crippen LogP contribution >= 0.6 is 0 Å². The third kappa shape index (κ3) is 3.61. The predicted octanol–water partition coefficient (Wildman–Crippen LogP) is 4.75. The topological polar surface area (TPSA) is 37.3 Å². The molecule has 0 amide bonds. The van der Waals surface area contributed by atoms with Crippen LogP contribution in [-0.2, 0) is 4.79 Å². The first-order valence-electron chi connectivity index (χ1n) is 9.76. The molecule has 2 fully saturated rings. The summed E-state index contributed by atoms with van der Waals surface area (Å²) >= 11 is 0. The van der Waals surface area contributed by atoms with Crippen LogP contribution in [0.4, 0.5) is 0 Å². The summed E-state index contributed by atoms with van der Waals surface area (Å²) in [6.07, 6.45) is 6.64. The molecule has 0 bridgehead atoms. The van der Waals surface area contributed by atoms with Gasteiger partial charge in [-0.25, -0.2) is 0 Å². The van der Waals surface area contributed by atoms with Crippen LogP contribution < -0.4 is 0 Å². The van der Waals surface area contributed by atoms with Gasteiger partial charge in [-0.1, -0.05) is 53.8 Å². The number of rotatable bonds is 1. The number of Topliss-reactive ketones (excluding diaryl/α,β-unsaturated/α-hetero) is 1. The van der Waals surface area contributed by atoms with Crippen LogP contribution in [0.25, 0.3) is 6.08 Å². The number of benzene rings is 2. The number of hydrogen-bond acceptors (Lipinski definition) is 2. The zero-order valence-corrected chi connectivity index (χ0v) is 15.4. The second kappa shape index (κ2) is 7.55. The minimum Gasteiger partial charge on any atom is -0.384 e. The van der Waals surface area contributed by atoms with Gasteiger partial charge < -0.3 is 5.11 Å². The van der Waals surface area contributed by atoms with Crippen LogP contribution in [0.5, 0.6) is 0 Å². The Hall–Kier alpha value is -2.63. The molecule has 1 N–H and O–H groups in total. The van der Waals surface area contributed by atoms with E-state index in [1.165, 1.54) is 5.57 Å². The maximum absolute atomic E-state index is 12.1. The van der Waals surface area contributed by atoms with Gasteiger partial charge in [-0.2, -0.15) is 0 Å². The van der Waals surface area contributed by atoms with Gasteiger partial charge in [0.25, 0.3) is 0 Å². The van der Waals surface area contributed by atoms with Crippen molar-refractivity contribution in [2.24, 2.45) is 5.41 Å². The number of hydrogen-bond donors (Lipinski definition) is 1. The molecule has 0 aliphatic heterocycles. The average Bonchev–Trinajstić information content (AvgIpc) is 3.09. The lowest BCUT2D eigenvalue weighted by molar-refractivity contribution is -0.136. The van der Waals surface area contributed by atoms with Crippen LogP contribution in [0.1, 0.15) is 55.2 Å². The van der Waals surface area contributed by atoms with Crippen LogP contribution in [0.15, 0.2) is 60.2 Å². The summed E-state index contributed by atoms with van der Waals surface area (Å²) in [6.45, 7) is 0. The Morgan fingerprint density at radius 3 is 2.22 bits per heavy atom. The molecule has 2 heteroatoms. The minimum absolute atomic E-state index is 0.0144. The zero-order valence-electron chi connectivity index (χ0n) is 15.4. The van der Waals surface area contributed by atoms with Crippen LogP contribution in [-0.4, -0.2) is 17.0 Å². The highest BCUT2D eigenvalue weighted by atomic mass is 16.3. The van der Waals surface area contributed by atoms with Gasteiger partial charge >= 0.3 is 0 Å². The van der Waals surface area contributed by atoms with Gasteiger partial charge in [-0.05, 0) is 61.9 Å². The zero-order chi connectivity index (χ0) is 18.7. The quantitative estimate of drug-likeness (QED) is 0.749. The number of carbonyl (C=O) groups is 1. The highest BCUT2D eigenvalue weighted by molar-refractivity contribution is 5.85. The Morgan fingerprint density at radius 2 is 1.52 bits per heavy atom. The van der Waals surface area contributed by atoms with Crippen molar-refractivity contribution in [1.82, 2.24) is 0 Å². The maximum atomic E-state index is 12.1. The maximum Gasteiger partial charge on any atom is 0.162 e. The molecular formula is C25H24O2. The number of ketones is 1. The standard InChI is InChI=1S/C25H24O2/c26-23-9-5-17-25(24(23)27)16-4-8-22(25)18-21-14-12-20(13-15-21)11-10-19-6-2-1-3-7-19/h1-3,6-7,12-15,18,24,27H,4-5,8-9,16-17H2/b22-18+/t24-,25+/m0/s1. The lowest BCUT2D eigenvalue weighted by Gasteiger charge is -2.38. The molecule has 0 radical (unpaired) electrons. The van der Waals surface area contributed by atoms with Crippen LogP contribution in [0.2, 0.25) is 0 Å². The van der Waals surface area contributed by atoms with Crippen molar-refractivity contribution in [1.29, 1.82) is 0 Å². The molecule has 0 heterocycles. The Bertz CT molecular complexity index is 912. The van der Waals surface area contributed by atoms with Gasteiger partial charge in [0.15, 0.2) is 5.78 Å². The summed E-state index contributed by atoms with van der Waals surface area (Å²) in [7, 11) is 0. The van der Waals surface area contributed by atoms with Crippen molar-refractivity contribution >= 4 is 11.9 Å². The van der Waals surface area contributed by atoms with E-state index in [0.717, 1.165) is 48.8 Å². The lowest BCUT2D eigenvalue weighted by atomic mass is 9.67. The summed E-state index contributed by atoms with van der Waals surface area (Å²) < 4.78 is 0. The van der Waals surface area contributed by atoms with Gasteiger partial charge in [0.05, 0.1) is 0 Å². The smallest absolute Gasteiger partial charge is 0.162 e. The van der Waals surface area contributed by atoms with E-state index >= 15 is 0 Å². The fourth-order valence-corrected chi connectivity index (χ4v) is 4.51. The summed E-state index contributed by atoms with van der Waals surface area (Å²) in [5.41, 5.74) is 4.02. The molecule has 2 aliphatic carbocycles. The molecule has 2 saturated carbocycles. The molecule has 4 rings (SSSR count). The van der Waals surface area contributed by atoms with Gasteiger partial charge in [-0.3, -0.25) is 4.79 Å². The minimum atomic E-state index is -0.823. The number of aliphatic hydroxyl groups excluding tert-OH is 1. The molecule has 2 nitrogen and oxygen atoms in total. The third-order valence-corrected chi connectivity index (χ3v) is 5.96. The van der Waals surface area contributed by atoms with Crippen molar-refractivity contribution in [3.63, 3.8) is 0 Å². The highest BCUT2D eigenvalue weighted by Crippen LogP contribution is 2.52.